The highest BCUT2D eigenvalue weighted by atomic mass is 15.1. The fourth-order valence-electron chi connectivity index (χ4n) is 2.33. The highest BCUT2D eigenvalue weighted by Crippen LogP contribution is 2.18. The van der Waals surface area contributed by atoms with Gasteiger partial charge in [0.2, 0.25) is 0 Å². The Morgan fingerprint density at radius 2 is 2.07 bits per heavy atom. The average Bonchev–Trinajstić information content (AvgIpc) is 2.38. The monoisotopic (exact) mass is 204 g/mol. The van der Waals surface area contributed by atoms with Crippen LogP contribution >= 0.6 is 0 Å². The van der Waals surface area contributed by atoms with E-state index in [-0.39, 0.29) is 6.04 Å². The molecule has 2 heteroatoms. The van der Waals surface area contributed by atoms with Crippen LogP contribution in [0.1, 0.15) is 24.5 Å². The maximum absolute atomic E-state index is 5.85. The van der Waals surface area contributed by atoms with E-state index in [9.17, 15) is 0 Å². The van der Waals surface area contributed by atoms with E-state index in [1.165, 1.54) is 30.5 Å². The Hall–Kier alpha value is -0.860. The zero-order chi connectivity index (χ0) is 10.7. The van der Waals surface area contributed by atoms with Gasteiger partial charge in [-0.2, -0.15) is 0 Å². The topological polar surface area (TPSA) is 29.3 Å². The van der Waals surface area contributed by atoms with Crippen molar-refractivity contribution in [3.63, 3.8) is 0 Å². The standard InChI is InChI=1S/C13H20N2/c1-11(14)9-15-8-4-7-12-5-2-3-6-13(12)10-15/h2-3,5-6,11H,4,7-10,14H2,1H3/t11-/m0/s1. The quantitative estimate of drug-likeness (QED) is 0.795. The molecule has 1 aromatic rings. The molecule has 1 heterocycles. The van der Waals surface area contributed by atoms with Crippen LogP contribution in [-0.2, 0) is 13.0 Å². The van der Waals surface area contributed by atoms with Gasteiger partial charge < -0.3 is 5.73 Å². The summed E-state index contributed by atoms with van der Waals surface area (Å²) in [5.74, 6) is 0. The molecule has 0 aromatic heterocycles. The van der Waals surface area contributed by atoms with Crippen molar-refractivity contribution >= 4 is 0 Å². The second-order valence-electron chi connectivity index (χ2n) is 4.58. The summed E-state index contributed by atoms with van der Waals surface area (Å²) in [5, 5.41) is 0. The molecule has 0 fully saturated rings. The van der Waals surface area contributed by atoms with Crippen LogP contribution in [0.4, 0.5) is 0 Å². The molecular weight excluding hydrogens is 184 g/mol. The van der Waals surface area contributed by atoms with E-state index in [2.05, 4.69) is 36.1 Å². The molecule has 0 saturated carbocycles. The average molecular weight is 204 g/mol. The Kier molecular flexibility index (Phi) is 3.39. The molecule has 82 valence electrons. The van der Waals surface area contributed by atoms with Gasteiger partial charge in [0.25, 0.3) is 0 Å². The highest BCUT2D eigenvalue weighted by Gasteiger charge is 2.14. The maximum Gasteiger partial charge on any atom is 0.0237 e. The van der Waals surface area contributed by atoms with Gasteiger partial charge in [-0.15, -0.1) is 0 Å². The molecule has 0 radical (unpaired) electrons. The molecule has 1 aliphatic rings. The van der Waals surface area contributed by atoms with Gasteiger partial charge in [0.05, 0.1) is 0 Å². The molecule has 1 aliphatic heterocycles. The Bertz CT molecular complexity index is 320. The van der Waals surface area contributed by atoms with Gasteiger partial charge in [-0.05, 0) is 37.4 Å². The van der Waals surface area contributed by atoms with E-state index >= 15 is 0 Å². The van der Waals surface area contributed by atoms with Crippen molar-refractivity contribution in [1.82, 2.24) is 4.90 Å². The summed E-state index contributed by atoms with van der Waals surface area (Å²) in [7, 11) is 0. The first-order valence-corrected chi connectivity index (χ1v) is 5.80. The van der Waals surface area contributed by atoms with E-state index in [1.54, 1.807) is 0 Å². The van der Waals surface area contributed by atoms with Crippen LogP contribution in [0.15, 0.2) is 24.3 Å². The van der Waals surface area contributed by atoms with Gasteiger partial charge in [-0.1, -0.05) is 24.3 Å². The normalized spacial score (nSPS) is 19.3. The first kappa shape index (κ1) is 10.7. The lowest BCUT2D eigenvalue weighted by molar-refractivity contribution is 0.257. The van der Waals surface area contributed by atoms with Crippen molar-refractivity contribution < 1.29 is 0 Å². The van der Waals surface area contributed by atoms with Crippen molar-refractivity contribution in [2.45, 2.75) is 32.4 Å². The number of aryl methyl sites for hydroxylation is 1. The minimum Gasteiger partial charge on any atom is -0.327 e. The van der Waals surface area contributed by atoms with Crippen molar-refractivity contribution in [3.05, 3.63) is 35.4 Å². The van der Waals surface area contributed by atoms with E-state index in [4.69, 9.17) is 5.73 Å². The number of hydrogen-bond acceptors (Lipinski definition) is 2. The van der Waals surface area contributed by atoms with Crippen LogP contribution in [0.2, 0.25) is 0 Å². The Morgan fingerprint density at radius 1 is 1.33 bits per heavy atom. The van der Waals surface area contributed by atoms with Crippen LogP contribution < -0.4 is 5.73 Å². The van der Waals surface area contributed by atoms with E-state index < -0.39 is 0 Å². The smallest absolute Gasteiger partial charge is 0.0237 e. The Morgan fingerprint density at radius 3 is 2.80 bits per heavy atom. The lowest BCUT2D eigenvalue weighted by atomic mass is 10.0. The predicted molar refractivity (Wildman–Crippen MR) is 63.7 cm³/mol. The molecule has 0 bridgehead atoms. The lowest BCUT2D eigenvalue weighted by Crippen LogP contribution is -2.35. The fourth-order valence-corrected chi connectivity index (χ4v) is 2.33. The Labute approximate surface area is 92.1 Å². The van der Waals surface area contributed by atoms with Crippen LogP contribution in [0.5, 0.6) is 0 Å². The number of hydrogen-bond donors (Lipinski definition) is 1. The van der Waals surface area contributed by atoms with Gasteiger partial charge in [-0.25, -0.2) is 0 Å². The summed E-state index contributed by atoms with van der Waals surface area (Å²) >= 11 is 0. The molecule has 0 aliphatic carbocycles. The number of fused-ring (bicyclic) bond motifs is 1. The van der Waals surface area contributed by atoms with Gasteiger partial charge >= 0.3 is 0 Å². The molecule has 0 unspecified atom stereocenters. The molecule has 0 amide bonds. The highest BCUT2D eigenvalue weighted by molar-refractivity contribution is 5.27. The van der Waals surface area contributed by atoms with Crippen LogP contribution in [0.25, 0.3) is 0 Å². The number of nitrogens with zero attached hydrogens (tertiary/aromatic N) is 1. The van der Waals surface area contributed by atoms with Gasteiger partial charge in [0, 0.05) is 19.1 Å². The van der Waals surface area contributed by atoms with Crippen LogP contribution in [0.3, 0.4) is 0 Å². The predicted octanol–water partition coefficient (Wildman–Crippen LogP) is 1.78. The molecule has 15 heavy (non-hydrogen) atoms. The molecule has 0 saturated heterocycles. The van der Waals surface area contributed by atoms with Gasteiger partial charge in [0.15, 0.2) is 0 Å². The minimum absolute atomic E-state index is 0.273. The Balaban J connectivity index is 2.10. The number of rotatable bonds is 2. The third-order valence-electron chi connectivity index (χ3n) is 2.98. The zero-order valence-corrected chi connectivity index (χ0v) is 9.45. The van der Waals surface area contributed by atoms with Gasteiger partial charge in [-0.3, -0.25) is 4.90 Å². The van der Waals surface area contributed by atoms with Crippen molar-refractivity contribution in [3.8, 4) is 0 Å². The second-order valence-corrected chi connectivity index (χ2v) is 4.58. The summed E-state index contributed by atoms with van der Waals surface area (Å²) in [6.45, 7) is 5.33. The van der Waals surface area contributed by atoms with E-state index in [0.29, 0.717) is 0 Å². The maximum atomic E-state index is 5.85. The van der Waals surface area contributed by atoms with Crippen molar-refractivity contribution in [2.24, 2.45) is 5.73 Å². The number of nitrogens with two attached hydrogens (primary N) is 1. The lowest BCUT2D eigenvalue weighted by Gasteiger charge is -2.22. The van der Waals surface area contributed by atoms with E-state index in [0.717, 1.165) is 13.1 Å². The van der Waals surface area contributed by atoms with E-state index in [1.807, 2.05) is 0 Å². The summed E-state index contributed by atoms with van der Waals surface area (Å²) in [4.78, 5) is 2.47. The molecular formula is C13H20N2. The third-order valence-corrected chi connectivity index (χ3v) is 2.98. The summed E-state index contributed by atoms with van der Waals surface area (Å²) in [5.41, 5.74) is 8.85. The molecule has 1 atom stereocenters. The molecule has 0 spiro atoms. The molecule has 2 nitrogen and oxygen atoms in total. The molecule has 1 aromatic carbocycles. The summed E-state index contributed by atoms with van der Waals surface area (Å²) in [6, 6.07) is 9.05. The minimum atomic E-state index is 0.273. The van der Waals surface area contributed by atoms with Crippen molar-refractivity contribution in [1.29, 1.82) is 0 Å². The summed E-state index contributed by atoms with van der Waals surface area (Å²) in [6.07, 6.45) is 2.47. The van der Waals surface area contributed by atoms with Crippen molar-refractivity contribution in [2.75, 3.05) is 13.1 Å². The fraction of sp³-hybridized carbons (Fsp3) is 0.538. The van der Waals surface area contributed by atoms with Crippen LogP contribution in [0, 0.1) is 0 Å². The largest absolute Gasteiger partial charge is 0.327 e. The second kappa shape index (κ2) is 4.77. The third kappa shape index (κ3) is 2.80. The SMILES string of the molecule is C[C@H](N)CN1CCCc2ccccc2C1. The zero-order valence-electron chi connectivity index (χ0n) is 9.45. The van der Waals surface area contributed by atoms with Crippen LogP contribution in [-0.4, -0.2) is 24.0 Å². The first-order chi connectivity index (χ1) is 7.25. The first-order valence-electron chi connectivity index (χ1n) is 5.80. The molecule has 2 N–H and O–H groups in total. The van der Waals surface area contributed by atoms with Gasteiger partial charge in [0.1, 0.15) is 0 Å². The molecule has 2 rings (SSSR count). The number of benzene rings is 1. The summed E-state index contributed by atoms with van der Waals surface area (Å²) < 4.78 is 0.